The minimum atomic E-state index is -0.658. The molecule has 0 aromatic carbocycles. The standard InChI is InChI=1S/C8H15NO3/c1-3-12-8(11)7(9)5-4-6(2)10/h7H,3-5,9H2,1-2H3. The molecule has 0 saturated heterocycles. The average molecular weight is 173 g/mol. The largest absolute Gasteiger partial charge is 0.465 e. The summed E-state index contributed by atoms with van der Waals surface area (Å²) in [6.07, 6.45) is 0.703. The maximum Gasteiger partial charge on any atom is 0.322 e. The van der Waals surface area contributed by atoms with Gasteiger partial charge in [-0.25, -0.2) is 0 Å². The second kappa shape index (κ2) is 5.71. The first-order chi connectivity index (χ1) is 5.57. The van der Waals surface area contributed by atoms with E-state index in [0.29, 0.717) is 19.4 Å². The Labute approximate surface area is 72.1 Å². The molecular formula is C8H15NO3. The number of nitrogens with two attached hydrogens (primary N) is 1. The molecule has 0 rings (SSSR count). The molecule has 0 heterocycles. The van der Waals surface area contributed by atoms with E-state index in [1.165, 1.54) is 6.92 Å². The lowest BCUT2D eigenvalue weighted by molar-refractivity contribution is -0.144. The van der Waals surface area contributed by atoms with Crippen molar-refractivity contribution in [3.63, 3.8) is 0 Å². The first kappa shape index (κ1) is 11.1. The third kappa shape index (κ3) is 4.85. The first-order valence-corrected chi connectivity index (χ1v) is 3.99. The van der Waals surface area contributed by atoms with Crippen LogP contribution in [0.1, 0.15) is 26.7 Å². The van der Waals surface area contributed by atoms with Crippen molar-refractivity contribution in [1.29, 1.82) is 0 Å². The van der Waals surface area contributed by atoms with Gasteiger partial charge in [0, 0.05) is 6.42 Å². The van der Waals surface area contributed by atoms with Gasteiger partial charge in [-0.2, -0.15) is 0 Å². The van der Waals surface area contributed by atoms with Gasteiger partial charge in [-0.15, -0.1) is 0 Å². The Morgan fingerprint density at radius 1 is 1.50 bits per heavy atom. The molecule has 70 valence electrons. The Bertz CT molecular complexity index is 168. The smallest absolute Gasteiger partial charge is 0.322 e. The molecular weight excluding hydrogens is 158 g/mol. The van der Waals surface area contributed by atoms with Crippen molar-refractivity contribution in [2.24, 2.45) is 5.73 Å². The van der Waals surface area contributed by atoms with Gasteiger partial charge in [-0.1, -0.05) is 0 Å². The molecule has 0 amide bonds. The second-order valence-corrected chi connectivity index (χ2v) is 2.60. The van der Waals surface area contributed by atoms with E-state index < -0.39 is 12.0 Å². The molecule has 0 spiro atoms. The summed E-state index contributed by atoms with van der Waals surface area (Å²) in [5.74, 6) is -0.395. The Morgan fingerprint density at radius 2 is 2.08 bits per heavy atom. The zero-order valence-corrected chi connectivity index (χ0v) is 7.50. The van der Waals surface area contributed by atoms with Crippen molar-refractivity contribution < 1.29 is 14.3 Å². The van der Waals surface area contributed by atoms with Gasteiger partial charge in [0.25, 0.3) is 0 Å². The highest BCUT2D eigenvalue weighted by molar-refractivity contribution is 5.78. The number of esters is 1. The van der Waals surface area contributed by atoms with Crippen LogP contribution in [0.3, 0.4) is 0 Å². The molecule has 0 aromatic heterocycles. The minimum Gasteiger partial charge on any atom is -0.465 e. The molecule has 12 heavy (non-hydrogen) atoms. The summed E-state index contributed by atoms with van der Waals surface area (Å²) in [7, 11) is 0. The average Bonchev–Trinajstić information content (AvgIpc) is 2.00. The van der Waals surface area contributed by atoms with E-state index >= 15 is 0 Å². The van der Waals surface area contributed by atoms with Crippen molar-refractivity contribution in [3.8, 4) is 0 Å². The van der Waals surface area contributed by atoms with Crippen LogP contribution >= 0.6 is 0 Å². The van der Waals surface area contributed by atoms with E-state index in [2.05, 4.69) is 4.74 Å². The van der Waals surface area contributed by atoms with Crippen LogP contribution in [0.4, 0.5) is 0 Å². The van der Waals surface area contributed by atoms with Crippen LogP contribution in [-0.2, 0) is 14.3 Å². The zero-order valence-electron chi connectivity index (χ0n) is 7.50. The highest BCUT2D eigenvalue weighted by Crippen LogP contribution is 1.97. The van der Waals surface area contributed by atoms with Crippen LogP contribution in [0.5, 0.6) is 0 Å². The number of Topliss-reactive ketones (excluding diaryl/α,β-unsaturated/α-hetero) is 1. The molecule has 0 radical (unpaired) electrons. The van der Waals surface area contributed by atoms with Crippen molar-refractivity contribution in [2.45, 2.75) is 32.7 Å². The summed E-state index contributed by atoms with van der Waals surface area (Å²) in [5.41, 5.74) is 5.42. The molecule has 0 aliphatic carbocycles. The molecule has 0 fully saturated rings. The van der Waals surface area contributed by atoms with Gasteiger partial charge in [0.05, 0.1) is 6.61 Å². The van der Waals surface area contributed by atoms with E-state index in [-0.39, 0.29) is 5.78 Å². The predicted octanol–water partition coefficient (Wildman–Crippen LogP) is 0.246. The van der Waals surface area contributed by atoms with E-state index in [1.807, 2.05) is 0 Å². The topological polar surface area (TPSA) is 69.4 Å². The Morgan fingerprint density at radius 3 is 2.50 bits per heavy atom. The van der Waals surface area contributed by atoms with Gasteiger partial charge in [0.15, 0.2) is 0 Å². The Kier molecular flexibility index (Phi) is 5.28. The lowest BCUT2D eigenvalue weighted by atomic mass is 10.1. The Hall–Kier alpha value is -0.900. The molecule has 0 aromatic rings. The fourth-order valence-corrected chi connectivity index (χ4v) is 0.726. The third-order valence-electron chi connectivity index (χ3n) is 1.40. The summed E-state index contributed by atoms with van der Waals surface area (Å²) < 4.78 is 4.66. The second-order valence-electron chi connectivity index (χ2n) is 2.60. The van der Waals surface area contributed by atoms with E-state index in [1.54, 1.807) is 6.92 Å². The van der Waals surface area contributed by atoms with Crippen LogP contribution in [-0.4, -0.2) is 24.4 Å². The van der Waals surface area contributed by atoms with Crippen molar-refractivity contribution in [2.75, 3.05) is 6.61 Å². The van der Waals surface area contributed by atoms with Crippen molar-refractivity contribution >= 4 is 11.8 Å². The summed E-state index contributed by atoms with van der Waals surface area (Å²) in [4.78, 5) is 21.4. The minimum absolute atomic E-state index is 0.0368. The molecule has 0 aliphatic rings. The van der Waals surface area contributed by atoms with E-state index in [9.17, 15) is 9.59 Å². The number of ether oxygens (including phenoxy) is 1. The normalized spacial score (nSPS) is 12.2. The van der Waals surface area contributed by atoms with Gasteiger partial charge < -0.3 is 15.3 Å². The molecule has 1 unspecified atom stereocenters. The SMILES string of the molecule is CCOC(=O)C(N)CCC(C)=O. The van der Waals surface area contributed by atoms with Gasteiger partial charge in [0.2, 0.25) is 0 Å². The lowest BCUT2D eigenvalue weighted by Crippen LogP contribution is -2.32. The van der Waals surface area contributed by atoms with E-state index in [0.717, 1.165) is 0 Å². The molecule has 4 heteroatoms. The van der Waals surface area contributed by atoms with Crippen LogP contribution in [0.25, 0.3) is 0 Å². The number of hydrogen-bond donors (Lipinski definition) is 1. The number of carbonyl (C=O) groups excluding carboxylic acids is 2. The fourth-order valence-electron chi connectivity index (χ4n) is 0.726. The lowest BCUT2D eigenvalue weighted by Gasteiger charge is -2.08. The van der Waals surface area contributed by atoms with Crippen LogP contribution in [0, 0.1) is 0 Å². The quantitative estimate of drug-likeness (QED) is 0.605. The van der Waals surface area contributed by atoms with Gasteiger partial charge in [-0.3, -0.25) is 4.79 Å². The molecule has 0 aliphatic heterocycles. The van der Waals surface area contributed by atoms with Crippen molar-refractivity contribution in [3.05, 3.63) is 0 Å². The van der Waals surface area contributed by atoms with Gasteiger partial charge in [0.1, 0.15) is 11.8 Å². The molecule has 0 saturated carbocycles. The first-order valence-electron chi connectivity index (χ1n) is 3.99. The zero-order chi connectivity index (χ0) is 9.56. The summed E-state index contributed by atoms with van der Waals surface area (Å²) in [6.45, 7) is 3.51. The Balaban J connectivity index is 3.63. The number of carbonyl (C=O) groups is 2. The van der Waals surface area contributed by atoms with Crippen LogP contribution in [0.2, 0.25) is 0 Å². The number of rotatable bonds is 5. The van der Waals surface area contributed by atoms with Crippen LogP contribution < -0.4 is 5.73 Å². The monoisotopic (exact) mass is 173 g/mol. The number of hydrogen-bond acceptors (Lipinski definition) is 4. The molecule has 1 atom stereocenters. The van der Waals surface area contributed by atoms with Gasteiger partial charge in [-0.05, 0) is 20.3 Å². The third-order valence-corrected chi connectivity index (χ3v) is 1.40. The summed E-state index contributed by atoms with van der Waals surface area (Å²) >= 11 is 0. The molecule has 0 bridgehead atoms. The van der Waals surface area contributed by atoms with Gasteiger partial charge >= 0.3 is 5.97 Å². The highest BCUT2D eigenvalue weighted by atomic mass is 16.5. The number of ketones is 1. The van der Waals surface area contributed by atoms with Crippen molar-refractivity contribution in [1.82, 2.24) is 0 Å². The summed E-state index contributed by atoms with van der Waals surface area (Å²) in [5, 5.41) is 0. The summed E-state index contributed by atoms with van der Waals surface area (Å²) in [6, 6.07) is -0.658. The maximum absolute atomic E-state index is 10.9. The molecule has 2 N–H and O–H groups in total. The van der Waals surface area contributed by atoms with E-state index in [4.69, 9.17) is 5.73 Å². The maximum atomic E-state index is 10.9. The molecule has 4 nitrogen and oxygen atoms in total. The highest BCUT2D eigenvalue weighted by Gasteiger charge is 2.14. The fraction of sp³-hybridized carbons (Fsp3) is 0.750. The van der Waals surface area contributed by atoms with Crippen LogP contribution in [0.15, 0.2) is 0 Å². The predicted molar refractivity (Wildman–Crippen MR) is 44.5 cm³/mol.